The van der Waals surface area contributed by atoms with Crippen molar-refractivity contribution < 1.29 is 61.0 Å². The summed E-state index contributed by atoms with van der Waals surface area (Å²) in [6.45, 7) is 5.14. The topological polar surface area (TPSA) is 135 Å². The molecule has 0 bridgehead atoms. The minimum Gasteiger partial charge on any atom is -0.535 e. The zero-order chi connectivity index (χ0) is 45.1. The molecule has 1 radical (unpaired) electrons. The van der Waals surface area contributed by atoms with Crippen LogP contribution in [0, 0.1) is 17.5 Å². The first kappa shape index (κ1) is 46.6. The zero-order valence-electron chi connectivity index (χ0n) is 33.1. The normalized spacial score (nSPS) is 10.4. The molecule has 7 aromatic carbocycles. The van der Waals surface area contributed by atoms with Crippen molar-refractivity contribution in [3.63, 3.8) is 0 Å². The maximum Gasteiger partial charge on any atom is 0.569 e. The van der Waals surface area contributed by atoms with Crippen LogP contribution in [0.3, 0.4) is 0 Å². The van der Waals surface area contributed by atoms with Gasteiger partial charge in [-0.05, 0) is 105 Å². The van der Waals surface area contributed by atoms with E-state index in [0.29, 0.717) is 60.8 Å². The number of para-hydroxylation sites is 1. The third-order valence-corrected chi connectivity index (χ3v) is 9.68. The lowest BCUT2D eigenvalue weighted by Gasteiger charge is -2.17. The highest BCUT2D eigenvalue weighted by molar-refractivity contribution is 9.11. The van der Waals surface area contributed by atoms with Crippen molar-refractivity contribution in [3.8, 4) is 51.0 Å². The molecule has 0 saturated carbocycles. The Morgan fingerprint density at radius 1 is 0.435 bits per heavy atom. The Hall–Kier alpha value is -6.49. The molecule has 16 heteroatoms. The molecule has 0 saturated heterocycles. The van der Waals surface area contributed by atoms with Crippen LogP contribution in [0.15, 0.2) is 130 Å². The van der Waals surface area contributed by atoms with Crippen LogP contribution in [-0.4, -0.2) is 36.6 Å². The van der Waals surface area contributed by atoms with Crippen LogP contribution >= 0.6 is 31.9 Å². The van der Waals surface area contributed by atoms with Crippen molar-refractivity contribution in [1.29, 1.82) is 0 Å². The van der Waals surface area contributed by atoms with Crippen LogP contribution in [0.5, 0.6) is 28.7 Å². The lowest BCUT2D eigenvalue weighted by Crippen LogP contribution is -2.06. The van der Waals surface area contributed by atoms with E-state index in [2.05, 4.69) is 36.5 Å². The Morgan fingerprint density at radius 2 is 0.758 bits per heavy atom. The van der Waals surface area contributed by atoms with Crippen LogP contribution < -0.4 is 23.6 Å². The largest absolute Gasteiger partial charge is 0.569 e. The smallest absolute Gasteiger partial charge is 0.535 e. The maximum absolute atomic E-state index is 14.5. The quantitative estimate of drug-likeness (QED) is 0.0891. The van der Waals surface area contributed by atoms with Crippen molar-refractivity contribution in [2.75, 3.05) is 0 Å². The van der Waals surface area contributed by atoms with E-state index in [1.54, 1.807) is 97.1 Å². The van der Waals surface area contributed by atoms with E-state index in [9.17, 15) is 32.3 Å². The molecule has 315 valence electrons. The molecule has 0 unspecified atom stereocenters. The SMILES string of the molecule is CC(=O)Oc1c(-c2ccccc2F)ccc2c(OC(C)=O)c(-c3ccccc3F)ccc12.CC(=O)Oc1c(Br)ccc2c(OC(C)=O)c(Br)ccc12.O[B]Oc1ccccc1F. The Morgan fingerprint density at radius 3 is 1.11 bits per heavy atom. The van der Waals surface area contributed by atoms with Gasteiger partial charge in [0.2, 0.25) is 0 Å². The van der Waals surface area contributed by atoms with Crippen molar-refractivity contribution in [3.05, 3.63) is 148 Å². The molecular weight excluding hydrogens is 940 g/mol. The summed E-state index contributed by atoms with van der Waals surface area (Å²) in [6, 6.07) is 31.5. The second kappa shape index (κ2) is 21.3. The van der Waals surface area contributed by atoms with Gasteiger partial charge in [-0.3, -0.25) is 19.2 Å². The van der Waals surface area contributed by atoms with Gasteiger partial charge in [-0.15, -0.1) is 0 Å². The van der Waals surface area contributed by atoms with Gasteiger partial charge in [0.05, 0.1) is 8.95 Å². The zero-order valence-corrected chi connectivity index (χ0v) is 36.3. The fourth-order valence-electron chi connectivity index (χ4n) is 6.03. The number of carbonyl (C=O) groups excluding carboxylic acids is 4. The Labute approximate surface area is 370 Å². The van der Waals surface area contributed by atoms with E-state index >= 15 is 0 Å². The Bertz CT molecular complexity index is 2650. The lowest BCUT2D eigenvalue weighted by molar-refractivity contribution is -0.132. The number of halogens is 5. The third-order valence-electron chi connectivity index (χ3n) is 8.44. The van der Waals surface area contributed by atoms with Gasteiger partial charge in [-0.1, -0.05) is 48.5 Å². The van der Waals surface area contributed by atoms with Crippen molar-refractivity contribution in [2.24, 2.45) is 0 Å². The molecule has 0 atom stereocenters. The molecule has 0 amide bonds. The Balaban J connectivity index is 0.000000204. The number of carbonyl (C=O) groups is 4. The summed E-state index contributed by atoms with van der Waals surface area (Å²) in [5, 5.41) is 10.3. The van der Waals surface area contributed by atoms with Crippen LogP contribution in [-0.2, 0) is 19.2 Å². The lowest BCUT2D eigenvalue weighted by atomic mass is 9.95. The average Bonchev–Trinajstić information content (AvgIpc) is 3.22. The van der Waals surface area contributed by atoms with E-state index in [1.165, 1.54) is 52.0 Å². The highest BCUT2D eigenvalue weighted by Gasteiger charge is 2.22. The van der Waals surface area contributed by atoms with E-state index < -0.39 is 41.3 Å². The fraction of sp³-hybridized carbons (Fsp3) is 0.0870. The predicted molar refractivity (Wildman–Crippen MR) is 234 cm³/mol. The standard InChI is InChI=1S/C26H18F2O4.C14H10Br2O4.C6H5BFO2/c1-15(29)31-25-19(17-7-3-5-9-23(17)27)11-14-22-21(25)13-12-20(26(22)32-16(2)30)18-8-4-6-10-24(18)28;1-7(17)19-13-9-3-6-12(16)14(20-8(2)18)10(9)4-5-11(13)15;8-5-3-1-2-4-6(5)10-7-9/h3-14H,1-2H3;3-6H,1-2H3;1-4,9H. The Kier molecular flexibility index (Phi) is 16.0. The van der Waals surface area contributed by atoms with Gasteiger partial charge in [0.25, 0.3) is 0 Å². The number of esters is 4. The molecule has 0 heterocycles. The number of benzene rings is 7. The van der Waals surface area contributed by atoms with Crippen molar-refractivity contribution in [1.82, 2.24) is 0 Å². The highest BCUT2D eigenvalue weighted by Crippen LogP contribution is 2.45. The van der Waals surface area contributed by atoms with E-state index in [0.717, 1.165) is 0 Å². The first-order valence-corrected chi connectivity index (χ1v) is 19.8. The summed E-state index contributed by atoms with van der Waals surface area (Å²) < 4.78 is 68.6. The monoisotopic (exact) mass is 971 g/mol. The molecule has 0 aliphatic heterocycles. The average molecular weight is 973 g/mol. The fourth-order valence-corrected chi connectivity index (χ4v) is 6.88. The van der Waals surface area contributed by atoms with Crippen LogP contribution in [0.25, 0.3) is 43.8 Å². The summed E-state index contributed by atoms with van der Waals surface area (Å²) in [6.07, 6.45) is 0. The predicted octanol–water partition coefficient (Wildman–Crippen LogP) is 11.2. The van der Waals surface area contributed by atoms with Gasteiger partial charge in [-0.25, -0.2) is 13.2 Å². The molecule has 0 aliphatic carbocycles. The highest BCUT2D eigenvalue weighted by atomic mass is 79.9. The molecule has 7 aromatic rings. The molecule has 0 spiro atoms. The number of hydrogen-bond donors (Lipinski definition) is 1. The van der Waals surface area contributed by atoms with Crippen LogP contribution in [0.4, 0.5) is 13.2 Å². The second-order valence-corrected chi connectivity index (χ2v) is 14.5. The molecular formula is C46H33BBr2F3O10. The van der Waals surface area contributed by atoms with Crippen LogP contribution in [0.1, 0.15) is 27.7 Å². The maximum atomic E-state index is 14.5. The van der Waals surface area contributed by atoms with Gasteiger partial charge in [0.15, 0.2) is 17.3 Å². The number of hydrogen-bond acceptors (Lipinski definition) is 10. The third kappa shape index (κ3) is 11.5. The first-order chi connectivity index (χ1) is 29.6. The van der Waals surface area contributed by atoms with Gasteiger partial charge >= 0.3 is 31.6 Å². The van der Waals surface area contributed by atoms with E-state index in [-0.39, 0.29) is 28.4 Å². The molecule has 10 nitrogen and oxygen atoms in total. The molecule has 0 fully saturated rings. The van der Waals surface area contributed by atoms with Gasteiger partial charge in [0.1, 0.15) is 28.9 Å². The van der Waals surface area contributed by atoms with Crippen molar-refractivity contribution in [2.45, 2.75) is 27.7 Å². The summed E-state index contributed by atoms with van der Waals surface area (Å²) in [5.74, 6) is -2.44. The number of fused-ring (bicyclic) bond motifs is 2. The molecule has 0 aliphatic rings. The summed E-state index contributed by atoms with van der Waals surface area (Å²) >= 11 is 6.69. The van der Waals surface area contributed by atoms with Gasteiger partial charge < -0.3 is 28.6 Å². The second-order valence-electron chi connectivity index (χ2n) is 12.8. The molecule has 1 N–H and O–H groups in total. The summed E-state index contributed by atoms with van der Waals surface area (Å²) in [4.78, 5) is 46.1. The van der Waals surface area contributed by atoms with Gasteiger partial charge in [0, 0.05) is 71.5 Å². The van der Waals surface area contributed by atoms with E-state index in [4.69, 9.17) is 24.0 Å². The number of ether oxygens (including phenoxy) is 4. The molecule has 62 heavy (non-hydrogen) atoms. The minimum atomic E-state index is -0.595. The minimum absolute atomic E-state index is 0.0185. The van der Waals surface area contributed by atoms with Gasteiger partial charge in [-0.2, -0.15) is 0 Å². The molecule has 0 aromatic heterocycles. The summed E-state index contributed by atoms with van der Waals surface area (Å²) in [5.41, 5.74) is 1.21. The number of rotatable bonds is 8. The van der Waals surface area contributed by atoms with Crippen molar-refractivity contribution >= 4 is 85.0 Å². The summed E-state index contributed by atoms with van der Waals surface area (Å²) in [7, 11) is 0.443. The van der Waals surface area contributed by atoms with E-state index in [1.807, 2.05) is 0 Å². The molecule has 7 rings (SSSR count). The van der Waals surface area contributed by atoms with Crippen LogP contribution in [0.2, 0.25) is 0 Å². The first-order valence-electron chi connectivity index (χ1n) is 18.2.